The van der Waals surface area contributed by atoms with Gasteiger partial charge in [0.15, 0.2) is 0 Å². The summed E-state index contributed by atoms with van der Waals surface area (Å²) in [7, 11) is 1.89. The fourth-order valence-electron chi connectivity index (χ4n) is 9.11. The SMILES string of the molecule is CNc1cc2cn(C3CCN(CCN4CCC5(CC4)CCN(c4ccc(C(=O)N(C=O)C6CCC(=O)NC6=O)c(C)c4)CC5)CC3)nc2cc1C(C)(C)O. The van der Waals surface area contributed by atoms with E-state index in [0.29, 0.717) is 23.4 Å². The summed E-state index contributed by atoms with van der Waals surface area (Å²) >= 11 is 0. The summed E-state index contributed by atoms with van der Waals surface area (Å²) in [6.07, 6.45) is 9.73. The van der Waals surface area contributed by atoms with E-state index in [9.17, 15) is 24.3 Å². The molecule has 7 rings (SSSR count). The van der Waals surface area contributed by atoms with Crippen LogP contribution in [0.3, 0.4) is 0 Å². The average Bonchev–Trinajstić information content (AvgIpc) is 3.58. The molecule has 54 heavy (non-hydrogen) atoms. The van der Waals surface area contributed by atoms with Crippen LogP contribution in [0, 0.1) is 12.3 Å². The first kappa shape index (κ1) is 38.0. The average molecular weight is 741 g/mol. The van der Waals surface area contributed by atoms with E-state index in [1.807, 2.05) is 46.0 Å². The lowest BCUT2D eigenvalue weighted by atomic mass is 9.71. The molecular weight excluding hydrogens is 685 g/mol. The van der Waals surface area contributed by atoms with Crippen molar-refractivity contribution >= 4 is 46.4 Å². The van der Waals surface area contributed by atoms with Crippen LogP contribution in [-0.2, 0) is 20.0 Å². The monoisotopic (exact) mass is 740 g/mol. The number of amides is 4. The number of aromatic nitrogens is 2. The molecule has 4 aliphatic heterocycles. The number of piperidine rings is 4. The first-order valence-corrected chi connectivity index (χ1v) is 19.7. The lowest BCUT2D eigenvalue weighted by Gasteiger charge is -2.47. The summed E-state index contributed by atoms with van der Waals surface area (Å²) in [5.41, 5.74) is 4.39. The topological polar surface area (TPSA) is 143 Å². The van der Waals surface area contributed by atoms with Crippen LogP contribution in [0.25, 0.3) is 10.9 Å². The molecule has 0 radical (unpaired) electrons. The van der Waals surface area contributed by atoms with E-state index < -0.39 is 23.5 Å². The first-order valence-electron chi connectivity index (χ1n) is 19.7. The maximum absolute atomic E-state index is 13.3. The van der Waals surface area contributed by atoms with Crippen LogP contribution in [0.2, 0.25) is 0 Å². The summed E-state index contributed by atoms with van der Waals surface area (Å²) in [4.78, 5) is 57.7. The number of nitrogens with one attached hydrogen (secondary N) is 2. The van der Waals surface area contributed by atoms with Gasteiger partial charge in [-0.25, -0.2) is 0 Å². The number of anilines is 2. The highest BCUT2D eigenvalue weighted by Crippen LogP contribution is 2.42. The van der Waals surface area contributed by atoms with Crippen molar-refractivity contribution in [2.75, 3.05) is 69.6 Å². The zero-order chi connectivity index (χ0) is 38.2. The zero-order valence-electron chi connectivity index (χ0n) is 32.3. The highest BCUT2D eigenvalue weighted by Gasteiger charge is 2.39. The van der Waals surface area contributed by atoms with Gasteiger partial charge in [-0.1, -0.05) is 0 Å². The minimum Gasteiger partial charge on any atom is -0.388 e. The summed E-state index contributed by atoms with van der Waals surface area (Å²) in [5.74, 6) is -1.52. The number of aryl methyl sites for hydroxylation is 1. The second-order valence-corrected chi connectivity index (χ2v) is 16.6. The van der Waals surface area contributed by atoms with Gasteiger partial charge in [0, 0.05) is 86.8 Å². The lowest BCUT2D eigenvalue weighted by Crippen LogP contribution is -2.53. The van der Waals surface area contributed by atoms with Gasteiger partial charge < -0.3 is 25.1 Å². The van der Waals surface area contributed by atoms with E-state index in [4.69, 9.17) is 5.10 Å². The minimum absolute atomic E-state index is 0.0955. The third kappa shape index (κ3) is 7.90. The van der Waals surface area contributed by atoms with E-state index in [1.165, 1.54) is 12.8 Å². The van der Waals surface area contributed by atoms with E-state index in [1.54, 1.807) is 6.07 Å². The van der Waals surface area contributed by atoms with Crippen LogP contribution in [0.4, 0.5) is 11.4 Å². The Morgan fingerprint density at radius 2 is 1.67 bits per heavy atom. The predicted octanol–water partition coefficient (Wildman–Crippen LogP) is 4.04. The molecule has 0 saturated carbocycles. The molecule has 3 N–H and O–H groups in total. The second kappa shape index (κ2) is 15.4. The Balaban J connectivity index is 0.852. The normalized spacial score (nSPS) is 21.7. The smallest absolute Gasteiger partial charge is 0.261 e. The number of imide groups is 2. The van der Waals surface area contributed by atoms with Gasteiger partial charge in [-0.15, -0.1) is 0 Å². The Morgan fingerprint density at radius 3 is 2.28 bits per heavy atom. The molecule has 2 aromatic carbocycles. The summed E-state index contributed by atoms with van der Waals surface area (Å²) < 4.78 is 2.15. The summed E-state index contributed by atoms with van der Waals surface area (Å²) in [6, 6.07) is 9.24. The second-order valence-electron chi connectivity index (χ2n) is 16.6. The molecule has 13 heteroatoms. The van der Waals surface area contributed by atoms with Crippen molar-refractivity contribution in [1.29, 1.82) is 0 Å². The zero-order valence-corrected chi connectivity index (χ0v) is 32.3. The Morgan fingerprint density at radius 1 is 1.00 bits per heavy atom. The number of carbonyl (C=O) groups excluding carboxylic acids is 4. The minimum atomic E-state index is -0.978. The van der Waals surface area contributed by atoms with Gasteiger partial charge in [-0.2, -0.15) is 5.10 Å². The van der Waals surface area contributed by atoms with Crippen molar-refractivity contribution in [1.82, 2.24) is 29.8 Å². The van der Waals surface area contributed by atoms with E-state index in [2.05, 4.69) is 42.3 Å². The van der Waals surface area contributed by atoms with Crippen molar-refractivity contribution in [3.8, 4) is 0 Å². The van der Waals surface area contributed by atoms with Gasteiger partial charge in [0.25, 0.3) is 5.91 Å². The van der Waals surface area contributed by atoms with Gasteiger partial charge in [0.1, 0.15) is 6.04 Å². The van der Waals surface area contributed by atoms with E-state index >= 15 is 0 Å². The van der Waals surface area contributed by atoms with Crippen LogP contribution >= 0.6 is 0 Å². The van der Waals surface area contributed by atoms with Crippen molar-refractivity contribution in [2.45, 2.75) is 89.8 Å². The van der Waals surface area contributed by atoms with Crippen molar-refractivity contribution in [3.05, 3.63) is 53.2 Å². The maximum atomic E-state index is 13.3. The number of nitrogens with zero attached hydrogens (tertiary/aromatic N) is 6. The van der Waals surface area contributed by atoms with Crippen LogP contribution < -0.4 is 15.5 Å². The van der Waals surface area contributed by atoms with Gasteiger partial charge in [0.2, 0.25) is 18.2 Å². The van der Waals surface area contributed by atoms with Crippen LogP contribution in [-0.4, -0.2) is 119 Å². The van der Waals surface area contributed by atoms with Crippen molar-refractivity contribution in [2.24, 2.45) is 5.41 Å². The standard InChI is InChI=1S/C41H56N8O5/c1-28-23-31(5-6-32(28)39(53)48(27-50)36-7-8-37(51)43-38(36)52)47-19-13-41(14-20-47)11-17-46(18-12-41)22-21-45-15-9-30(10-16-45)49-26-29-24-35(42-4)33(40(2,3)54)25-34(29)44-49/h5-6,23-27,30,36,42,54H,7-22H2,1-4H3,(H,43,51,52). The van der Waals surface area contributed by atoms with Gasteiger partial charge >= 0.3 is 0 Å². The Hall–Kier alpha value is -4.33. The molecule has 1 spiro atoms. The van der Waals surface area contributed by atoms with Crippen LogP contribution in [0.1, 0.15) is 92.7 Å². The number of hydrogen-bond acceptors (Lipinski definition) is 10. The molecule has 1 atom stereocenters. The number of hydrogen-bond donors (Lipinski definition) is 3. The van der Waals surface area contributed by atoms with Gasteiger partial charge in [-0.3, -0.25) is 34.1 Å². The quantitative estimate of drug-likeness (QED) is 0.206. The van der Waals surface area contributed by atoms with E-state index in [-0.39, 0.29) is 18.7 Å². The fourth-order valence-corrected chi connectivity index (χ4v) is 9.11. The third-order valence-corrected chi connectivity index (χ3v) is 12.7. The molecular formula is C41H56N8O5. The molecule has 290 valence electrons. The Kier molecular flexibility index (Phi) is 10.8. The molecule has 4 saturated heterocycles. The predicted molar refractivity (Wildman–Crippen MR) is 208 cm³/mol. The summed E-state index contributed by atoms with van der Waals surface area (Å²) in [6.45, 7) is 14.1. The number of aliphatic hydroxyl groups is 1. The molecule has 4 aliphatic rings. The molecule has 1 aromatic heterocycles. The number of rotatable bonds is 10. The molecule has 4 amide bonds. The highest BCUT2D eigenvalue weighted by atomic mass is 16.3. The lowest BCUT2D eigenvalue weighted by molar-refractivity contribution is -0.139. The molecule has 5 heterocycles. The molecule has 1 unspecified atom stereocenters. The van der Waals surface area contributed by atoms with Gasteiger partial charge in [-0.05, 0) is 120 Å². The number of carbonyl (C=O) groups is 4. The third-order valence-electron chi connectivity index (χ3n) is 12.7. The molecule has 3 aromatic rings. The highest BCUT2D eigenvalue weighted by molar-refractivity contribution is 6.07. The number of fused-ring (bicyclic) bond motifs is 1. The van der Waals surface area contributed by atoms with Crippen LogP contribution in [0.15, 0.2) is 36.5 Å². The molecule has 13 nitrogen and oxygen atoms in total. The maximum Gasteiger partial charge on any atom is 0.261 e. The molecule has 0 bridgehead atoms. The Labute approximate surface area is 318 Å². The molecule has 0 aliphatic carbocycles. The van der Waals surface area contributed by atoms with Crippen LogP contribution in [0.5, 0.6) is 0 Å². The fraction of sp³-hybridized carbons (Fsp3) is 0.585. The molecule has 4 fully saturated rings. The van der Waals surface area contributed by atoms with Crippen molar-refractivity contribution < 1.29 is 24.3 Å². The van der Waals surface area contributed by atoms with E-state index in [0.717, 1.165) is 116 Å². The Bertz CT molecular complexity index is 1880. The largest absolute Gasteiger partial charge is 0.388 e. The number of benzene rings is 2. The summed E-state index contributed by atoms with van der Waals surface area (Å²) in [5, 5.41) is 22.2. The first-order chi connectivity index (χ1) is 25.9. The number of likely N-dealkylation sites (tertiary alicyclic amines) is 2. The van der Waals surface area contributed by atoms with Gasteiger partial charge in [0.05, 0.1) is 17.2 Å². The van der Waals surface area contributed by atoms with Crippen molar-refractivity contribution in [3.63, 3.8) is 0 Å².